The third-order valence-corrected chi connectivity index (χ3v) is 6.31. The smallest absolute Gasteiger partial charge is 0.256 e. The normalized spacial score (nSPS) is 14.5. The Morgan fingerprint density at radius 1 is 1.37 bits per heavy atom. The first-order valence-electron chi connectivity index (χ1n) is 10.9. The Labute approximate surface area is 205 Å². The molecule has 0 bridgehead atoms. The van der Waals surface area contributed by atoms with E-state index in [1.807, 2.05) is 19.2 Å². The molecule has 35 heavy (non-hydrogen) atoms. The molecule has 0 saturated carbocycles. The second-order valence-corrected chi connectivity index (χ2v) is 9.05. The molecule has 1 fully saturated rings. The maximum Gasteiger partial charge on any atom is 0.256 e. The SMILES string of the molecule is C=C(C)[C@@H](NC(=O)c1c[nH]c2ncc(-c3nn(C)c4cc(Cl)ccc34)nc12)C(=O)N1CC(C#N)C1. The number of hydrogen-bond donors (Lipinski definition) is 2. The highest BCUT2D eigenvalue weighted by Crippen LogP contribution is 2.29. The van der Waals surface area contributed by atoms with Crippen molar-refractivity contribution in [2.45, 2.75) is 13.0 Å². The van der Waals surface area contributed by atoms with Crippen molar-refractivity contribution in [2.24, 2.45) is 13.0 Å². The van der Waals surface area contributed by atoms with E-state index >= 15 is 0 Å². The van der Waals surface area contributed by atoms with E-state index in [0.717, 1.165) is 10.9 Å². The molecular weight excluding hydrogens is 468 g/mol. The number of nitrogens with zero attached hydrogens (tertiary/aromatic N) is 6. The van der Waals surface area contributed by atoms with E-state index in [9.17, 15) is 9.59 Å². The van der Waals surface area contributed by atoms with Crippen LogP contribution in [-0.2, 0) is 11.8 Å². The van der Waals surface area contributed by atoms with Crippen molar-refractivity contribution in [3.63, 3.8) is 0 Å². The van der Waals surface area contributed by atoms with Crippen LogP contribution in [0.15, 0.2) is 42.7 Å². The van der Waals surface area contributed by atoms with Crippen molar-refractivity contribution in [1.82, 2.24) is 34.9 Å². The number of amides is 2. The lowest BCUT2D eigenvalue weighted by atomic mass is 9.99. The molecule has 11 heteroatoms. The van der Waals surface area contributed by atoms with Crippen LogP contribution in [0.2, 0.25) is 5.02 Å². The molecule has 1 aliphatic heterocycles. The number of nitriles is 1. The Bertz CT molecular complexity index is 1560. The van der Waals surface area contributed by atoms with E-state index in [1.165, 1.54) is 6.20 Å². The van der Waals surface area contributed by atoms with Gasteiger partial charge < -0.3 is 15.2 Å². The first-order valence-corrected chi connectivity index (χ1v) is 11.3. The minimum Gasteiger partial charge on any atom is -0.344 e. The first-order chi connectivity index (χ1) is 16.8. The van der Waals surface area contributed by atoms with E-state index in [-0.39, 0.29) is 17.4 Å². The van der Waals surface area contributed by atoms with Crippen LogP contribution in [0.5, 0.6) is 0 Å². The second-order valence-electron chi connectivity index (χ2n) is 8.61. The minimum atomic E-state index is -0.910. The van der Waals surface area contributed by atoms with Gasteiger partial charge in [-0.25, -0.2) is 9.97 Å². The largest absolute Gasteiger partial charge is 0.344 e. The summed E-state index contributed by atoms with van der Waals surface area (Å²) in [5.74, 6) is -0.955. The maximum atomic E-state index is 13.2. The van der Waals surface area contributed by atoms with Gasteiger partial charge in [-0.15, -0.1) is 0 Å². The zero-order valence-corrected chi connectivity index (χ0v) is 19.8. The second kappa shape index (κ2) is 8.52. The molecule has 1 atom stereocenters. The summed E-state index contributed by atoms with van der Waals surface area (Å²) in [6.07, 6.45) is 3.10. The highest BCUT2D eigenvalue weighted by molar-refractivity contribution is 6.31. The number of aryl methyl sites for hydroxylation is 1. The van der Waals surface area contributed by atoms with Gasteiger partial charge in [0.1, 0.15) is 22.9 Å². The zero-order chi connectivity index (χ0) is 24.9. The molecule has 176 valence electrons. The highest BCUT2D eigenvalue weighted by Gasteiger charge is 2.36. The van der Waals surface area contributed by atoms with Crippen LogP contribution in [0.1, 0.15) is 17.3 Å². The Hall–Kier alpha value is -4.23. The number of nitrogens with one attached hydrogen (secondary N) is 2. The molecule has 1 saturated heterocycles. The fourth-order valence-electron chi connectivity index (χ4n) is 4.13. The first kappa shape index (κ1) is 22.6. The number of rotatable bonds is 5. The number of likely N-dealkylation sites (tertiary alicyclic amines) is 1. The summed E-state index contributed by atoms with van der Waals surface area (Å²) in [6.45, 7) is 6.23. The standard InChI is InChI=1S/C24H21ClN8O2/c1-12(2)19(24(35)33-10-13(7-26)11-33)30-23(34)16-8-27-22-21(16)29-17(9-28-22)20-15-5-4-14(25)6-18(15)32(3)31-20/h4-6,8-9,13,19H,1,10-11H2,2-3H3,(H,27,28)(H,30,34)/t19-/m1/s1. The van der Waals surface area contributed by atoms with Crippen LogP contribution in [0.3, 0.4) is 0 Å². The number of benzene rings is 1. The van der Waals surface area contributed by atoms with Crippen LogP contribution >= 0.6 is 11.6 Å². The summed E-state index contributed by atoms with van der Waals surface area (Å²) in [4.78, 5) is 39.7. The molecule has 4 heterocycles. The van der Waals surface area contributed by atoms with Crippen LogP contribution in [0, 0.1) is 17.2 Å². The van der Waals surface area contributed by atoms with Crippen molar-refractivity contribution in [1.29, 1.82) is 5.26 Å². The molecule has 0 aliphatic carbocycles. The van der Waals surface area contributed by atoms with Gasteiger partial charge in [0.15, 0.2) is 5.65 Å². The van der Waals surface area contributed by atoms with Crippen LogP contribution in [-0.4, -0.2) is 60.6 Å². The van der Waals surface area contributed by atoms with Crippen LogP contribution in [0.4, 0.5) is 0 Å². The monoisotopic (exact) mass is 488 g/mol. The van der Waals surface area contributed by atoms with Crippen LogP contribution < -0.4 is 5.32 Å². The van der Waals surface area contributed by atoms with Gasteiger partial charge >= 0.3 is 0 Å². The molecule has 3 aromatic heterocycles. The molecule has 2 N–H and O–H groups in total. The van der Waals surface area contributed by atoms with Gasteiger partial charge in [-0.1, -0.05) is 18.2 Å². The third kappa shape index (κ3) is 3.90. The van der Waals surface area contributed by atoms with Crippen molar-refractivity contribution >= 4 is 45.5 Å². The number of hydrogen-bond acceptors (Lipinski definition) is 6. The molecule has 10 nitrogen and oxygen atoms in total. The summed E-state index contributed by atoms with van der Waals surface area (Å²) in [5, 5.41) is 17.8. The topological polar surface area (TPSA) is 133 Å². The van der Waals surface area contributed by atoms with Gasteiger partial charge in [0.2, 0.25) is 5.91 Å². The summed E-state index contributed by atoms with van der Waals surface area (Å²) in [6, 6.07) is 6.69. The van der Waals surface area contributed by atoms with E-state index < -0.39 is 11.9 Å². The van der Waals surface area contributed by atoms with Crippen molar-refractivity contribution in [3.05, 3.63) is 53.3 Å². The number of carbonyl (C=O) groups is 2. The Kier molecular flexibility index (Phi) is 5.49. The fraction of sp³-hybridized carbons (Fsp3) is 0.250. The van der Waals surface area contributed by atoms with Crippen molar-refractivity contribution in [2.75, 3.05) is 13.1 Å². The number of aromatic amines is 1. The van der Waals surface area contributed by atoms with E-state index in [2.05, 4.69) is 38.0 Å². The van der Waals surface area contributed by atoms with Crippen molar-refractivity contribution < 1.29 is 9.59 Å². The predicted molar refractivity (Wildman–Crippen MR) is 130 cm³/mol. The highest BCUT2D eigenvalue weighted by atomic mass is 35.5. The summed E-state index contributed by atoms with van der Waals surface area (Å²) in [7, 11) is 1.81. The molecule has 0 unspecified atom stereocenters. The molecule has 5 rings (SSSR count). The van der Waals surface area contributed by atoms with E-state index in [4.69, 9.17) is 16.9 Å². The molecule has 1 aromatic carbocycles. The summed E-state index contributed by atoms with van der Waals surface area (Å²) < 4.78 is 1.71. The van der Waals surface area contributed by atoms with Gasteiger partial charge in [-0.2, -0.15) is 10.4 Å². The summed E-state index contributed by atoms with van der Waals surface area (Å²) >= 11 is 6.13. The molecular formula is C24H21ClN8O2. The van der Waals surface area contributed by atoms with Gasteiger partial charge in [0.25, 0.3) is 5.91 Å². The van der Waals surface area contributed by atoms with Crippen LogP contribution in [0.25, 0.3) is 33.5 Å². The lowest BCUT2D eigenvalue weighted by molar-refractivity contribution is -0.137. The molecule has 0 spiro atoms. The number of halogens is 1. The zero-order valence-electron chi connectivity index (χ0n) is 19.0. The fourth-order valence-corrected chi connectivity index (χ4v) is 4.29. The molecule has 4 aromatic rings. The maximum absolute atomic E-state index is 13.2. The van der Waals surface area contributed by atoms with Gasteiger partial charge in [0, 0.05) is 36.7 Å². The number of carbonyl (C=O) groups excluding carboxylic acids is 2. The Balaban J connectivity index is 1.46. The number of H-pyrrole nitrogens is 1. The summed E-state index contributed by atoms with van der Waals surface area (Å²) in [5.41, 5.74) is 3.47. The number of aromatic nitrogens is 5. The molecule has 2 amide bonds. The third-order valence-electron chi connectivity index (χ3n) is 6.07. The molecule has 1 aliphatic rings. The Morgan fingerprint density at radius 2 is 2.14 bits per heavy atom. The van der Waals surface area contributed by atoms with Gasteiger partial charge in [-0.3, -0.25) is 14.3 Å². The van der Waals surface area contributed by atoms with E-state index in [1.54, 1.807) is 28.8 Å². The van der Waals surface area contributed by atoms with Crippen molar-refractivity contribution in [3.8, 4) is 17.5 Å². The lowest BCUT2D eigenvalue weighted by Crippen LogP contribution is -2.57. The van der Waals surface area contributed by atoms with E-state index in [0.29, 0.717) is 46.2 Å². The quantitative estimate of drug-likeness (QED) is 0.415. The average molecular weight is 489 g/mol. The predicted octanol–water partition coefficient (Wildman–Crippen LogP) is 2.82. The molecule has 0 radical (unpaired) electrons. The number of fused-ring (bicyclic) bond motifs is 2. The minimum absolute atomic E-state index is 0.179. The van der Waals surface area contributed by atoms with Gasteiger partial charge in [0.05, 0.1) is 29.3 Å². The van der Waals surface area contributed by atoms with Gasteiger partial charge in [-0.05, 0) is 30.7 Å². The Morgan fingerprint density at radius 3 is 2.86 bits per heavy atom. The average Bonchev–Trinajstić information content (AvgIpc) is 3.37. The lowest BCUT2D eigenvalue weighted by Gasteiger charge is -2.37.